The number of anilines is 1. The second-order valence-electron chi connectivity index (χ2n) is 5.22. The van der Waals surface area contributed by atoms with Gasteiger partial charge in [0.05, 0.1) is 5.57 Å². The molecule has 22 heavy (non-hydrogen) atoms. The third kappa shape index (κ3) is 2.38. The van der Waals surface area contributed by atoms with Crippen LogP contribution < -0.4 is 5.32 Å². The van der Waals surface area contributed by atoms with Crippen molar-refractivity contribution in [1.82, 2.24) is 0 Å². The van der Waals surface area contributed by atoms with Crippen LogP contribution >= 0.6 is 0 Å². The highest BCUT2D eigenvalue weighted by molar-refractivity contribution is 5.54. The van der Waals surface area contributed by atoms with E-state index in [1.54, 1.807) is 6.07 Å². The van der Waals surface area contributed by atoms with E-state index in [1.165, 1.54) is 24.3 Å². The average Bonchev–Trinajstić information content (AvgIpc) is 2.36. The van der Waals surface area contributed by atoms with Crippen molar-refractivity contribution in [3.05, 3.63) is 53.4 Å². The first-order valence-electron chi connectivity index (χ1n) is 6.37. The van der Waals surface area contributed by atoms with Crippen molar-refractivity contribution in [2.24, 2.45) is 0 Å². The topological polar surface area (TPSA) is 12.0 Å². The van der Waals surface area contributed by atoms with Crippen LogP contribution in [0.15, 0.2) is 53.4 Å². The monoisotopic (exact) mass is 321 g/mol. The van der Waals surface area contributed by atoms with Crippen molar-refractivity contribution in [3.8, 4) is 0 Å². The first kappa shape index (κ1) is 16.5. The van der Waals surface area contributed by atoms with Gasteiger partial charge in [-0.2, -0.15) is 17.6 Å². The molecule has 0 radical (unpaired) electrons. The van der Waals surface area contributed by atoms with Crippen molar-refractivity contribution < 1.29 is 26.3 Å². The summed E-state index contributed by atoms with van der Waals surface area (Å²) in [6.45, 7) is 2.13. The van der Waals surface area contributed by atoms with Crippen LogP contribution in [0.1, 0.15) is 13.8 Å². The molecule has 0 bridgehead atoms. The van der Waals surface area contributed by atoms with Crippen molar-refractivity contribution in [1.29, 1.82) is 0 Å². The summed E-state index contributed by atoms with van der Waals surface area (Å²) in [5.74, 6) is -15.8. The van der Waals surface area contributed by atoms with Gasteiger partial charge >= 0.3 is 11.8 Å². The molecule has 1 nitrogen and oxygen atoms in total. The minimum absolute atomic E-state index is 0.0498. The summed E-state index contributed by atoms with van der Waals surface area (Å²) < 4.78 is 83.2. The molecule has 1 aliphatic carbocycles. The van der Waals surface area contributed by atoms with Crippen molar-refractivity contribution in [2.45, 2.75) is 31.5 Å². The molecule has 1 unspecified atom stereocenters. The average molecular weight is 321 g/mol. The van der Waals surface area contributed by atoms with Gasteiger partial charge in [0.2, 0.25) is 5.79 Å². The summed E-state index contributed by atoms with van der Waals surface area (Å²) in [5, 5.41) is 2.06. The normalized spacial score (nSPS) is 26.4. The summed E-state index contributed by atoms with van der Waals surface area (Å²) in [6.07, 6.45) is -0.139. The number of rotatable bonds is 2. The lowest BCUT2D eigenvalue weighted by molar-refractivity contribution is -0.185. The van der Waals surface area contributed by atoms with E-state index in [1.807, 2.05) is 0 Å². The molecular weight excluding hydrogens is 308 g/mol. The third-order valence-electron chi connectivity index (χ3n) is 3.30. The lowest BCUT2D eigenvalue weighted by Crippen LogP contribution is -2.55. The molecule has 0 fully saturated rings. The van der Waals surface area contributed by atoms with Gasteiger partial charge in [-0.05, 0) is 26.0 Å². The highest BCUT2D eigenvalue weighted by Crippen LogP contribution is 2.54. The Morgan fingerprint density at radius 1 is 0.909 bits per heavy atom. The van der Waals surface area contributed by atoms with E-state index in [0.717, 1.165) is 13.8 Å². The van der Waals surface area contributed by atoms with E-state index < -0.39 is 29.0 Å². The molecule has 1 N–H and O–H groups in total. The summed E-state index contributed by atoms with van der Waals surface area (Å²) in [7, 11) is 0. The van der Waals surface area contributed by atoms with Gasteiger partial charge in [-0.15, -0.1) is 0 Å². The van der Waals surface area contributed by atoms with Crippen molar-refractivity contribution in [2.75, 3.05) is 5.32 Å². The molecule has 0 aliphatic heterocycles. The minimum Gasteiger partial charge on any atom is -0.346 e. The molecule has 1 aromatic carbocycles. The van der Waals surface area contributed by atoms with Crippen molar-refractivity contribution >= 4 is 5.69 Å². The highest BCUT2D eigenvalue weighted by Gasteiger charge is 2.69. The van der Waals surface area contributed by atoms with Gasteiger partial charge < -0.3 is 5.32 Å². The Morgan fingerprint density at radius 3 is 1.95 bits per heavy atom. The van der Waals surface area contributed by atoms with E-state index in [4.69, 9.17) is 0 Å². The van der Waals surface area contributed by atoms with Gasteiger partial charge in [0, 0.05) is 11.8 Å². The zero-order chi connectivity index (χ0) is 16.8. The molecule has 0 amide bonds. The first-order chi connectivity index (χ1) is 10.0. The predicted octanol–water partition coefficient (Wildman–Crippen LogP) is 5.24. The number of halogens is 6. The lowest BCUT2D eigenvalue weighted by atomic mass is 9.83. The van der Waals surface area contributed by atoms with E-state index in [-0.39, 0.29) is 17.3 Å². The molecule has 2 rings (SSSR count). The number of alkyl halides is 5. The Morgan fingerprint density at radius 2 is 1.45 bits per heavy atom. The molecule has 120 valence electrons. The summed E-state index contributed by atoms with van der Waals surface area (Å²) in [4.78, 5) is 0. The van der Waals surface area contributed by atoms with Crippen LogP contribution in [-0.4, -0.2) is 17.6 Å². The fraction of sp³-hybridized carbons (Fsp3) is 0.333. The first-order valence-corrected chi connectivity index (χ1v) is 6.37. The van der Waals surface area contributed by atoms with Crippen LogP contribution in [0.2, 0.25) is 0 Å². The maximum Gasteiger partial charge on any atom is 0.364 e. The molecular formula is C15H13F6N. The zero-order valence-corrected chi connectivity index (χ0v) is 11.7. The Kier molecular flexibility index (Phi) is 3.79. The predicted molar refractivity (Wildman–Crippen MR) is 71.4 cm³/mol. The second kappa shape index (κ2) is 5.07. The highest BCUT2D eigenvalue weighted by atomic mass is 19.3. The van der Waals surface area contributed by atoms with Gasteiger partial charge in [-0.25, -0.2) is 8.78 Å². The molecule has 1 aromatic rings. The smallest absolute Gasteiger partial charge is 0.346 e. The number of hydrogen-bond acceptors (Lipinski definition) is 1. The van der Waals surface area contributed by atoms with Gasteiger partial charge in [-0.1, -0.05) is 23.8 Å². The minimum atomic E-state index is -5.09. The fourth-order valence-electron chi connectivity index (χ4n) is 2.38. The van der Waals surface area contributed by atoms with Crippen LogP contribution in [0.5, 0.6) is 0 Å². The quantitative estimate of drug-likeness (QED) is 0.446. The van der Waals surface area contributed by atoms with Gasteiger partial charge in [0.25, 0.3) is 0 Å². The Hall–Kier alpha value is -1.92. The van der Waals surface area contributed by atoms with Crippen LogP contribution in [0.4, 0.5) is 32.0 Å². The van der Waals surface area contributed by atoms with Gasteiger partial charge in [-0.3, -0.25) is 0 Å². The molecule has 0 spiro atoms. The summed E-state index contributed by atoms with van der Waals surface area (Å²) >= 11 is 0. The van der Waals surface area contributed by atoms with E-state index >= 15 is 0 Å². The molecule has 1 aliphatic rings. The zero-order valence-electron chi connectivity index (χ0n) is 11.7. The Labute approximate surface area is 123 Å². The Balaban J connectivity index is 2.63. The number of para-hydroxylation sites is 1. The molecule has 0 heterocycles. The van der Waals surface area contributed by atoms with Gasteiger partial charge in [0.1, 0.15) is 0 Å². The van der Waals surface area contributed by atoms with Crippen LogP contribution in [0.3, 0.4) is 0 Å². The van der Waals surface area contributed by atoms with Crippen LogP contribution in [-0.2, 0) is 0 Å². The molecule has 0 aromatic heterocycles. The molecule has 1 atom stereocenters. The van der Waals surface area contributed by atoms with Crippen LogP contribution in [0.25, 0.3) is 0 Å². The number of hydrogen-bond donors (Lipinski definition) is 1. The molecule has 0 saturated heterocycles. The second-order valence-corrected chi connectivity index (χ2v) is 5.22. The maximum absolute atomic E-state index is 15.0. The number of allylic oxidation sites excluding steroid dienone is 2. The standard InChI is InChI=1S/C15H13F6N/c1-9(2)12-13(17,22-10-6-4-3-5-7-10)8-11(16)14(18,19)15(12,20)21/h3-8,22H,1-2H3. The van der Waals surface area contributed by atoms with E-state index in [0.29, 0.717) is 0 Å². The number of nitrogens with one attached hydrogen (secondary N) is 1. The maximum atomic E-state index is 15.0. The molecule has 7 heteroatoms. The van der Waals surface area contributed by atoms with Crippen LogP contribution in [0, 0.1) is 0 Å². The SMILES string of the molecule is CC(C)=C1C(F)(Nc2ccccc2)C=C(F)C(F)(F)C1(F)F. The number of benzene rings is 1. The van der Waals surface area contributed by atoms with Gasteiger partial charge in [0.15, 0.2) is 5.83 Å². The fourth-order valence-corrected chi connectivity index (χ4v) is 2.38. The molecule has 0 saturated carbocycles. The van der Waals surface area contributed by atoms with Crippen molar-refractivity contribution in [3.63, 3.8) is 0 Å². The Bertz CT molecular complexity index is 631. The summed E-state index contributed by atoms with van der Waals surface area (Å²) in [5.41, 5.74) is -1.80. The third-order valence-corrected chi connectivity index (χ3v) is 3.30. The van der Waals surface area contributed by atoms with E-state index in [2.05, 4.69) is 5.32 Å². The van der Waals surface area contributed by atoms with E-state index in [9.17, 15) is 26.3 Å². The largest absolute Gasteiger partial charge is 0.364 e. The lowest BCUT2D eigenvalue weighted by Gasteiger charge is -2.40. The summed E-state index contributed by atoms with van der Waals surface area (Å²) in [6, 6.07) is 7.27.